The minimum Gasteiger partial charge on any atom is -0.493 e. The first-order valence-electron chi connectivity index (χ1n) is 10.1. The average molecular weight is 502 g/mol. The van der Waals surface area contributed by atoms with Gasteiger partial charge in [-0.1, -0.05) is 0 Å². The molecule has 1 N–H and O–H groups in total. The number of hydrogen-bond acceptors (Lipinski definition) is 4. The molecule has 6 nitrogen and oxygen atoms in total. The highest BCUT2D eigenvalue weighted by atomic mass is 127. The Labute approximate surface area is 186 Å². The van der Waals surface area contributed by atoms with E-state index in [2.05, 4.69) is 41.2 Å². The second-order valence-electron chi connectivity index (χ2n) is 7.61. The standard InChI is InChI=1S/C21H34N4O2.HI/c1-5-22-21(23-13-16-7-6-9-24(2)14-16)25-10-8-17-11-19(26-3)20(27-4)12-18(17)15-25;/h11-12,16H,5-10,13-15H2,1-4H3,(H,22,23);1H. The predicted molar refractivity (Wildman–Crippen MR) is 125 cm³/mol. The minimum absolute atomic E-state index is 0. The summed E-state index contributed by atoms with van der Waals surface area (Å²) in [4.78, 5) is 9.78. The van der Waals surface area contributed by atoms with Crippen molar-refractivity contribution in [1.82, 2.24) is 15.1 Å². The smallest absolute Gasteiger partial charge is 0.194 e. The van der Waals surface area contributed by atoms with Crippen LogP contribution in [0.2, 0.25) is 0 Å². The maximum Gasteiger partial charge on any atom is 0.194 e. The molecule has 0 bridgehead atoms. The summed E-state index contributed by atoms with van der Waals surface area (Å²) in [5.41, 5.74) is 2.63. The van der Waals surface area contributed by atoms with Gasteiger partial charge in [-0.25, -0.2) is 0 Å². The number of hydrogen-bond donors (Lipinski definition) is 1. The number of nitrogens with one attached hydrogen (secondary N) is 1. The quantitative estimate of drug-likeness (QED) is 0.381. The van der Waals surface area contributed by atoms with E-state index in [4.69, 9.17) is 14.5 Å². The van der Waals surface area contributed by atoms with Crippen LogP contribution < -0.4 is 14.8 Å². The van der Waals surface area contributed by atoms with Gasteiger partial charge in [0.2, 0.25) is 0 Å². The Balaban J connectivity index is 0.00000280. The number of nitrogens with zero attached hydrogens (tertiary/aromatic N) is 3. The molecule has 1 unspecified atom stereocenters. The zero-order valence-electron chi connectivity index (χ0n) is 17.7. The van der Waals surface area contributed by atoms with Crippen LogP contribution in [0.3, 0.4) is 0 Å². The van der Waals surface area contributed by atoms with E-state index in [1.807, 2.05) is 0 Å². The molecule has 1 aromatic carbocycles. The molecule has 158 valence electrons. The summed E-state index contributed by atoms with van der Waals surface area (Å²) in [5, 5.41) is 3.49. The first kappa shape index (κ1) is 23.1. The fourth-order valence-electron chi connectivity index (χ4n) is 4.13. The largest absolute Gasteiger partial charge is 0.493 e. The number of aliphatic imine (C=N–C) groups is 1. The number of halogens is 1. The topological polar surface area (TPSA) is 49.3 Å². The van der Waals surface area contributed by atoms with Gasteiger partial charge in [0.1, 0.15) is 0 Å². The number of ether oxygens (including phenoxy) is 2. The number of benzene rings is 1. The second kappa shape index (κ2) is 11.1. The van der Waals surface area contributed by atoms with Gasteiger partial charge in [-0.15, -0.1) is 24.0 Å². The third kappa shape index (κ3) is 5.65. The summed E-state index contributed by atoms with van der Waals surface area (Å²) in [6.07, 6.45) is 3.56. The lowest BCUT2D eigenvalue weighted by Crippen LogP contribution is -2.44. The van der Waals surface area contributed by atoms with Gasteiger partial charge in [-0.05, 0) is 69.0 Å². The predicted octanol–water partition coefficient (Wildman–Crippen LogP) is 2.99. The van der Waals surface area contributed by atoms with Gasteiger partial charge in [0.15, 0.2) is 17.5 Å². The van der Waals surface area contributed by atoms with Crippen molar-refractivity contribution in [2.45, 2.75) is 32.7 Å². The molecule has 0 radical (unpaired) electrons. The summed E-state index contributed by atoms with van der Waals surface area (Å²) in [5.74, 6) is 3.31. The molecule has 1 fully saturated rings. The van der Waals surface area contributed by atoms with Gasteiger partial charge in [-0.3, -0.25) is 4.99 Å². The van der Waals surface area contributed by atoms with Crippen molar-refractivity contribution in [3.63, 3.8) is 0 Å². The maximum atomic E-state index is 5.49. The van der Waals surface area contributed by atoms with Crippen molar-refractivity contribution in [3.8, 4) is 11.5 Å². The van der Waals surface area contributed by atoms with Crippen LogP contribution in [-0.2, 0) is 13.0 Å². The SMILES string of the molecule is CCNC(=NCC1CCCN(C)C1)N1CCc2cc(OC)c(OC)cc2C1.I. The Morgan fingerprint density at radius 1 is 1.18 bits per heavy atom. The maximum absolute atomic E-state index is 5.49. The lowest BCUT2D eigenvalue weighted by atomic mass is 9.98. The summed E-state index contributed by atoms with van der Waals surface area (Å²) in [6.45, 7) is 8.12. The van der Waals surface area contributed by atoms with Crippen LogP contribution >= 0.6 is 24.0 Å². The monoisotopic (exact) mass is 502 g/mol. The van der Waals surface area contributed by atoms with Crippen molar-refractivity contribution < 1.29 is 9.47 Å². The van der Waals surface area contributed by atoms with Gasteiger partial charge in [0.25, 0.3) is 0 Å². The Hall–Kier alpha value is -1.22. The highest BCUT2D eigenvalue weighted by Gasteiger charge is 2.22. The molecule has 0 aromatic heterocycles. The van der Waals surface area contributed by atoms with Gasteiger partial charge < -0.3 is 24.6 Å². The van der Waals surface area contributed by atoms with Crippen LogP contribution in [-0.4, -0.2) is 69.8 Å². The molecule has 1 atom stereocenters. The second-order valence-corrected chi connectivity index (χ2v) is 7.61. The fourth-order valence-corrected chi connectivity index (χ4v) is 4.13. The Morgan fingerprint density at radius 2 is 1.89 bits per heavy atom. The normalized spacial score (nSPS) is 20.2. The molecule has 0 spiro atoms. The van der Waals surface area contributed by atoms with Crippen molar-refractivity contribution in [2.24, 2.45) is 10.9 Å². The van der Waals surface area contributed by atoms with E-state index < -0.39 is 0 Å². The molecule has 1 aromatic rings. The highest BCUT2D eigenvalue weighted by Crippen LogP contribution is 2.33. The number of piperidine rings is 1. The zero-order chi connectivity index (χ0) is 19.2. The van der Waals surface area contributed by atoms with Crippen molar-refractivity contribution in [1.29, 1.82) is 0 Å². The molecule has 28 heavy (non-hydrogen) atoms. The molecule has 2 heterocycles. The van der Waals surface area contributed by atoms with Crippen LogP contribution in [0.15, 0.2) is 17.1 Å². The van der Waals surface area contributed by atoms with Crippen molar-refractivity contribution in [2.75, 3.05) is 54.0 Å². The average Bonchev–Trinajstić information content (AvgIpc) is 2.69. The van der Waals surface area contributed by atoms with E-state index in [9.17, 15) is 0 Å². The van der Waals surface area contributed by atoms with Crippen LogP contribution in [0.25, 0.3) is 0 Å². The van der Waals surface area contributed by atoms with E-state index in [1.165, 1.54) is 30.5 Å². The lowest BCUT2D eigenvalue weighted by Gasteiger charge is -2.33. The van der Waals surface area contributed by atoms with Gasteiger partial charge in [0.05, 0.1) is 14.2 Å². The van der Waals surface area contributed by atoms with Gasteiger partial charge in [-0.2, -0.15) is 0 Å². The van der Waals surface area contributed by atoms with Gasteiger partial charge >= 0.3 is 0 Å². The third-order valence-corrected chi connectivity index (χ3v) is 5.57. The first-order valence-corrected chi connectivity index (χ1v) is 10.1. The fraction of sp³-hybridized carbons (Fsp3) is 0.667. The number of rotatable bonds is 5. The van der Waals surface area contributed by atoms with Crippen LogP contribution in [0.4, 0.5) is 0 Å². The molecule has 0 amide bonds. The van der Waals surface area contributed by atoms with E-state index in [1.54, 1.807) is 14.2 Å². The summed E-state index contributed by atoms with van der Waals surface area (Å²) < 4.78 is 10.9. The van der Waals surface area contributed by atoms with Crippen LogP contribution in [0, 0.1) is 5.92 Å². The number of guanidine groups is 1. The first-order chi connectivity index (χ1) is 13.1. The zero-order valence-corrected chi connectivity index (χ0v) is 20.0. The summed E-state index contributed by atoms with van der Waals surface area (Å²) >= 11 is 0. The molecule has 1 saturated heterocycles. The Morgan fingerprint density at radius 3 is 2.54 bits per heavy atom. The van der Waals surface area contributed by atoms with Crippen molar-refractivity contribution >= 4 is 29.9 Å². The minimum atomic E-state index is 0. The molecular formula is C21H35IN4O2. The van der Waals surface area contributed by atoms with E-state index in [-0.39, 0.29) is 24.0 Å². The Kier molecular flexibility index (Phi) is 9.14. The number of methoxy groups -OCH3 is 2. The van der Waals surface area contributed by atoms with E-state index in [0.29, 0.717) is 5.92 Å². The molecule has 0 aliphatic carbocycles. The number of likely N-dealkylation sites (tertiary alicyclic amines) is 1. The number of fused-ring (bicyclic) bond motifs is 1. The van der Waals surface area contributed by atoms with E-state index in [0.717, 1.165) is 56.6 Å². The molecule has 3 rings (SSSR count). The van der Waals surface area contributed by atoms with Crippen LogP contribution in [0.1, 0.15) is 30.9 Å². The van der Waals surface area contributed by atoms with E-state index >= 15 is 0 Å². The molecular weight excluding hydrogens is 467 g/mol. The van der Waals surface area contributed by atoms with Gasteiger partial charge in [0, 0.05) is 32.7 Å². The molecule has 2 aliphatic heterocycles. The Bertz CT molecular complexity index is 668. The molecule has 7 heteroatoms. The molecule has 2 aliphatic rings. The third-order valence-electron chi connectivity index (χ3n) is 5.57. The lowest BCUT2D eigenvalue weighted by molar-refractivity contribution is 0.214. The highest BCUT2D eigenvalue weighted by molar-refractivity contribution is 14.0. The van der Waals surface area contributed by atoms with Crippen LogP contribution in [0.5, 0.6) is 11.5 Å². The molecule has 0 saturated carbocycles. The van der Waals surface area contributed by atoms with Crippen molar-refractivity contribution in [3.05, 3.63) is 23.3 Å². The summed E-state index contributed by atoms with van der Waals surface area (Å²) in [7, 11) is 5.60. The summed E-state index contributed by atoms with van der Waals surface area (Å²) in [6, 6.07) is 4.23.